The van der Waals surface area contributed by atoms with E-state index in [1.54, 1.807) is 6.07 Å². The molecule has 7 heteroatoms. The van der Waals surface area contributed by atoms with Crippen molar-refractivity contribution < 1.29 is 4.39 Å². The van der Waals surface area contributed by atoms with E-state index >= 15 is 0 Å². The van der Waals surface area contributed by atoms with Crippen molar-refractivity contribution in [1.82, 2.24) is 24.9 Å². The van der Waals surface area contributed by atoms with Gasteiger partial charge in [-0.3, -0.25) is 0 Å². The summed E-state index contributed by atoms with van der Waals surface area (Å²) in [6.07, 6.45) is 1.85. The van der Waals surface area contributed by atoms with Crippen molar-refractivity contribution in [2.45, 2.75) is 13.5 Å². The third-order valence-corrected chi connectivity index (χ3v) is 3.74. The van der Waals surface area contributed by atoms with Crippen LogP contribution in [0.15, 0.2) is 30.5 Å². The molecule has 0 aliphatic heterocycles. The molecule has 0 saturated heterocycles. The fraction of sp³-hybridized carbons (Fsp3) is 0.188. The molecule has 4 rings (SSSR count). The first-order valence-corrected chi connectivity index (χ1v) is 7.27. The molecule has 0 amide bonds. The highest BCUT2D eigenvalue weighted by Gasteiger charge is 2.13. The van der Waals surface area contributed by atoms with Crippen LogP contribution in [-0.2, 0) is 6.54 Å². The molecule has 0 radical (unpaired) electrons. The van der Waals surface area contributed by atoms with Crippen molar-refractivity contribution in [3.05, 3.63) is 47.9 Å². The van der Waals surface area contributed by atoms with E-state index in [4.69, 9.17) is 0 Å². The van der Waals surface area contributed by atoms with Crippen LogP contribution in [-0.4, -0.2) is 32.0 Å². The van der Waals surface area contributed by atoms with Crippen LogP contribution in [0.3, 0.4) is 0 Å². The first-order chi connectivity index (χ1) is 11.1. The predicted octanol–water partition coefficient (Wildman–Crippen LogP) is 2.92. The lowest BCUT2D eigenvalue weighted by molar-refractivity contribution is 0.629. The maximum absolute atomic E-state index is 13.3. The Morgan fingerprint density at radius 3 is 2.87 bits per heavy atom. The van der Waals surface area contributed by atoms with Crippen LogP contribution >= 0.6 is 0 Å². The molecule has 3 heterocycles. The van der Waals surface area contributed by atoms with Crippen molar-refractivity contribution in [2.24, 2.45) is 0 Å². The molecule has 0 aliphatic carbocycles. The molecule has 2 N–H and O–H groups in total. The lowest BCUT2D eigenvalue weighted by Crippen LogP contribution is -2.19. The second-order valence-electron chi connectivity index (χ2n) is 5.53. The number of halogens is 1. The smallest absolute Gasteiger partial charge is 0.156 e. The number of aromatic nitrogens is 5. The van der Waals surface area contributed by atoms with Crippen LogP contribution in [0.2, 0.25) is 0 Å². The number of aromatic amines is 2. The molecule has 0 aliphatic rings. The molecular formula is C16H15FN6. The summed E-state index contributed by atoms with van der Waals surface area (Å²) in [4.78, 5) is 21.7. The van der Waals surface area contributed by atoms with Gasteiger partial charge in [0.15, 0.2) is 5.82 Å². The molecule has 116 valence electrons. The van der Waals surface area contributed by atoms with Gasteiger partial charge in [0.25, 0.3) is 0 Å². The number of imidazole rings is 1. The van der Waals surface area contributed by atoms with Gasteiger partial charge in [0.1, 0.15) is 23.0 Å². The van der Waals surface area contributed by atoms with Crippen molar-refractivity contribution >= 4 is 27.9 Å². The number of hydrogen-bond donors (Lipinski definition) is 2. The molecule has 0 atom stereocenters. The van der Waals surface area contributed by atoms with E-state index in [2.05, 4.69) is 24.9 Å². The lowest BCUT2D eigenvalue weighted by Gasteiger charge is -2.17. The summed E-state index contributed by atoms with van der Waals surface area (Å²) < 4.78 is 13.3. The Hall–Kier alpha value is -2.96. The number of fused-ring (bicyclic) bond motifs is 2. The van der Waals surface area contributed by atoms with E-state index in [0.717, 1.165) is 28.2 Å². The highest BCUT2D eigenvalue weighted by Crippen LogP contribution is 2.23. The zero-order valence-electron chi connectivity index (χ0n) is 12.8. The molecule has 0 spiro atoms. The number of nitrogens with one attached hydrogen (secondary N) is 2. The fourth-order valence-corrected chi connectivity index (χ4v) is 2.73. The zero-order valence-corrected chi connectivity index (χ0v) is 12.8. The number of H-pyrrole nitrogens is 2. The standard InChI is InChI=1S/C16H15FN6/c1-9-19-12-5-6-18-15(12)16(20-9)23(2)8-14-21-11-4-3-10(17)7-13(11)22-14/h3-7,18H,8H2,1-2H3,(H,21,22). The molecule has 23 heavy (non-hydrogen) atoms. The normalized spacial score (nSPS) is 11.4. The maximum Gasteiger partial charge on any atom is 0.156 e. The number of hydrogen-bond acceptors (Lipinski definition) is 4. The quantitative estimate of drug-likeness (QED) is 0.610. The average Bonchev–Trinajstić information content (AvgIpc) is 3.11. The number of nitrogens with zero attached hydrogens (tertiary/aromatic N) is 4. The molecule has 0 unspecified atom stereocenters. The van der Waals surface area contributed by atoms with Crippen LogP contribution in [0.5, 0.6) is 0 Å². The maximum atomic E-state index is 13.3. The predicted molar refractivity (Wildman–Crippen MR) is 86.8 cm³/mol. The summed E-state index contributed by atoms with van der Waals surface area (Å²) >= 11 is 0. The van der Waals surface area contributed by atoms with Crippen LogP contribution in [0, 0.1) is 12.7 Å². The molecule has 1 aromatic carbocycles. The molecular weight excluding hydrogens is 295 g/mol. The SMILES string of the molecule is Cc1nc(N(C)Cc2nc3ccc(F)cc3[nH]2)c2[nH]ccc2n1. The van der Waals surface area contributed by atoms with Gasteiger partial charge in [-0.25, -0.2) is 19.3 Å². The number of rotatable bonds is 3. The number of anilines is 1. The fourth-order valence-electron chi connectivity index (χ4n) is 2.73. The summed E-state index contributed by atoms with van der Waals surface area (Å²) in [5.41, 5.74) is 3.21. The van der Waals surface area contributed by atoms with E-state index in [0.29, 0.717) is 17.9 Å². The Labute approximate surface area is 131 Å². The van der Waals surface area contributed by atoms with Crippen LogP contribution in [0.4, 0.5) is 10.2 Å². The van der Waals surface area contributed by atoms with E-state index in [1.807, 2.05) is 31.1 Å². The van der Waals surface area contributed by atoms with Crippen LogP contribution in [0.25, 0.3) is 22.1 Å². The van der Waals surface area contributed by atoms with Gasteiger partial charge >= 0.3 is 0 Å². The monoisotopic (exact) mass is 310 g/mol. The van der Waals surface area contributed by atoms with Gasteiger partial charge in [-0.2, -0.15) is 0 Å². The summed E-state index contributed by atoms with van der Waals surface area (Å²) in [5.74, 6) is 2.00. The van der Waals surface area contributed by atoms with E-state index in [1.165, 1.54) is 12.1 Å². The van der Waals surface area contributed by atoms with Gasteiger partial charge in [0.05, 0.1) is 23.1 Å². The van der Waals surface area contributed by atoms with Gasteiger partial charge in [0, 0.05) is 13.2 Å². The minimum Gasteiger partial charge on any atom is -0.357 e. The topological polar surface area (TPSA) is 73.5 Å². The first-order valence-electron chi connectivity index (χ1n) is 7.27. The third kappa shape index (κ3) is 2.40. The highest BCUT2D eigenvalue weighted by molar-refractivity contribution is 5.86. The Morgan fingerprint density at radius 2 is 2.00 bits per heavy atom. The number of benzene rings is 1. The van der Waals surface area contributed by atoms with Crippen molar-refractivity contribution in [3.8, 4) is 0 Å². The summed E-state index contributed by atoms with van der Waals surface area (Å²) in [6.45, 7) is 2.40. The van der Waals surface area contributed by atoms with E-state index in [9.17, 15) is 4.39 Å². The second kappa shape index (κ2) is 5.05. The minimum atomic E-state index is -0.277. The lowest BCUT2D eigenvalue weighted by atomic mass is 10.3. The van der Waals surface area contributed by atoms with Gasteiger partial charge in [-0.1, -0.05) is 0 Å². The van der Waals surface area contributed by atoms with Crippen LogP contribution in [0.1, 0.15) is 11.6 Å². The van der Waals surface area contributed by atoms with Crippen molar-refractivity contribution in [2.75, 3.05) is 11.9 Å². The average molecular weight is 310 g/mol. The van der Waals surface area contributed by atoms with Crippen molar-refractivity contribution in [3.63, 3.8) is 0 Å². The Kier molecular flexibility index (Phi) is 3.00. The van der Waals surface area contributed by atoms with Gasteiger partial charge in [-0.05, 0) is 31.2 Å². The van der Waals surface area contributed by atoms with Crippen LogP contribution < -0.4 is 4.90 Å². The summed E-state index contributed by atoms with van der Waals surface area (Å²) in [6, 6.07) is 6.45. The van der Waals surface area contributed by atoms with Crippen molar-refractivity contribution in [1.29, 1.82) is 0 Å². The minimum absolute atomic E-state index is 0.277. The van der Waals surface area contributed by atoms with Gasteiger partial charge in [-0.15, -0.1) is 0 Å². The van der Waals surface area contributed by atoms with Gasteiger partial charge < -0.3 is 14.9 Å². The zero-order chi connectivity index (χ0) is 16.0. The van der Waals surface area contributed by atoms with E-state index < -0.39 is 0 Å². The summed E-state index contributed by atoms with van der Waals surface area (Å²) in [7, 11) is 1.94. The Balaban J connectivity index is 1.70. The molecule has 0 bridgehead atoms. The molecule has 4 aromatic rings. The largest absolute Gasteiger partial charge is 0.357 e. The molecule has 6 nitrogen and oxygen atoms in total. The summed E-state index contributed by atoms with van der Waals surface area (Å²) in [5, 5.41) is 0. The molecule has 3 aromatic heterocycles. The highest BCUT2D eigenvalue weighted by atomic mass is 19.1. The van der Waals surface area contributed by atoms with Gasteiger partial charge in [0.2, 0.25) is 0 Å². The molecule has 0 saturated carbocycles. The number of aryl methyl sites for hydroxylation is 1. The Morgan fingerprint density at radius 1 is 1.13 bits per heavy atom. The van der Waals surface area contributed by atoms with E-state index in [-0.39, 0.29) is 5.82 Å². The molecule has 0 fully saturated rings. The Bertz CT molecular complexity index is 1000. The first kappa shape index (κ1) is 13.7. The third-order valence-electron chi connectivity index (χ3n) is 3.74. The second-order valence-corrected chi connectivity index (χ2v) is 5.53.